The largest absolute Gasteiger partial charge is 0.362 e. The zero-order valence-corrected chi connectivity index (χ0v) is 5.91. The number of rotatable bonds is 0. The molecule has 1 heterocycles. The third kappa shape index (κ3) is 0.175. The third-order valence-corrected chi connectivity index (χ3v) is 3.60. The Morgan fingerprint density at radius 1 is 0.875 bits per heavy atom. The first kappa shape index (κ1) is 4.80. The quantitative estimate of drug-likeness (QED) is 0.433. The molecular weight excluding hydrogens is 100 g/mol. The molecule has 1 saturated heterocycles. The summed E-state index contributed by atoms with van der Waals surface area (Å²) >= 11 is 0. The van der Waals surface area contributed by atoms with Gasteiger partial charge in [0.1, 0.15) is 11.2 Å². The van der Waals surface area contributed by atoms with Gasteiger partial charge in [-0.15, -0.1) is 0 Å². The average molecular weight is 112 g/mol. The maximum atomic E-state index is 5.40. The van der Waals surface area contributed by atoms with E-state index in [9.17, 15) is 0 Å². The summed E-state index contributed by atoms with van der Waals surface area (Å²) in [4.78, 5) is 0. The minimum atomic E-state index is 0.250. The fourth-order valence-corrected chi connectivity index (χ4v) is 1.84. The van der Waals surface area contributed by atoms with Crippen LogP contribution >= 0.6 is 0 Å². The molecule has 0 aromatic heterocycles. The molecular formula is C7H12O. The van der Waals surface area contributed by atoms with Crippen LogP contribution in [0, 0.1) is 5.41 Å². The summed E-state index contributed by atoms with van der Waals surface area (Å²) in [7, 11) is 0. The van der Waals surface area contributed by atoms with Crippen LogP contribution in [0.5, 0.6) is 0 Å². The summed E-state index contributed by atoms with van der Waals surface area (Å²) in [6.45, 7) is 8.90. The van der Waals surface area contributed by atoms with Gasteiger partial charge in [0.2, 0.25) is 0 Å². The lowest BCUT2D eigenvalue weighted by Gasteiger charge is -2.14. The fourth-order valence-electron chi connectivity index (χ4n) is 1.84. The first-order chi connectivity index (χ1) is 3.46. The van der Waals surface area contributed by atoms with Crippen molar-refractivity contribution in [2.24, 2.45) is 5.41 Å². The van der Waals surface area contributed by atoms with Crippen molar-refractivity contribution in [1.29, 1.82) is 0 Å². The summed E-state index contributed by atoms with van der Waals surface area (Å²) in [5.74, 6) is 0. The van der Waals surface area contributed by atoms with Gasteiger partial charge in [-0.05, 0) is 13.8 Å². The Hall–Kier alpha value is -0.0400. The van der Waals surface area contributed by atoms with Crippen LogP contribution in [0.4, 0.5) is 0 Å². The minimum Gasteiger partial charge on any atom is -0.362 e. The van der Waals surface area contributed by atoms with Crippen molar-refractivity contribution < 1.29 is 4.74 Å². The van der Waals surface area contributed by atoms with Crippen molar-refractivity contribution in [3.05, 3.63) is 0 Å². The second kappa shape index (κ2) is 0.688. The fraction of sp³-hybridized carbons (Fsp3) is 1.00. The highest BCUT2D eigenvalue weighted by atomic mass is 16.7. The summed E-state index contributed by atoms with van der Waals surface area (Å²) < 4.78 is 5.40. The van der Waals surface area contributed by atoms with Gasteiger partial charge in [0.15, 0.2) is 0 Å². The van der Waals surface area contributed by atoms with Crippen molar-refractivity contribution in [3.8, 4) is 0 Å². The number of fused-ring (bicyclic) bond motifs is 1. The van der Waals surface area contributed by atoms with E-state index in [0.717, 1.165) is 0 Å². The van der Waals surface area contributed by atoms with E-state index < -0.39 is 0 Å². The monoisotopic (exact) mass is 112 g/mol. The van der Waals surface area contributed by atoms with Gasteiger partial charge in [-0.3, -0.25) is 0 Å². The van der Waals surface area contributed by atoms with Gasteiger partial charge in [-0.2, -0.15) is 0 Å². The zero-order valence-electron chi connectivity index (χ0n) is 5.91. The normalized spacial score (nSPS) is 64.5. The highest BCUT2D eigenvalue weighted by Gasteiger charge is 2.94. The van der Waals surface area contributed by atoms with Crippen LogP contribution in [0.2, 0.25) is 0 Å². The maximum absolute atomic E-state index is 5.40. The molecule has 0 radical (unpaired) electrons. The molecule has 0 aromatic carbocycles. The van der Waals surface area contributed by atoms with Crippen LogP contribution in [-0.2, 0) is 4.74 Å². The first-order valence-electron chi connectivity index (χ1n) is 3.16. The minimum absolute atomic E-state index is 0.250. The molecule has 8 heavy (non-hydrogen) atoms. The zero-order chi connectivity index (χ0) is 6.21. The van der Waals surface area contributed by atoms with Gasteiger partial charge in [-0.25, -0.2) is 0 Å². The molecule has 46 valence electrons. The third-order valence-electron chi connectivity index (χ3n) is 3.60. The Bertz CT molecular complexity index is 127. The number of ether oxygens (including phenoxy) is 1. The summed E-state index contributed by atoms with van der Waals surface area (Å²) in [5, 5.41) is 0. The van der Waals surface area contributed by atoms with Crippen LogP contribution in [0.15, 0.2) is 0 Å². The summed E-state index contributed by atoms with van der Waals surface area (Å²) in [6, 6.07) is 0. The Balaban J connectivity index is 2.36. The van der Waals surface area contributed by atoms with Gasteiger partial charge in [0.05, 0.1) is 0 Å². The Morgan fingerprint density at radius 2 is 1.12 bits per heavy atom. The summed E-state index contributed by atoms with van der Waals surface area (Å²) in [6.07, 6.45) is 0. The maximum Gasteiger partial charge on any atom is 0.103 e. The highest BCUT2D eigenvalue weighted by Crippen LogP contribution is 2.83. The SMILES string of the molecule is CC1(C)C2(C)OC12C. The van der Waals surface area contributed by atoms with Crippen LogP contribution in [0.1, 0.15) is 27.7 Å². The lowest BCUT2D eigenvalue weighted by atomic mass is 10.0. The van der Waals surface area contributed by atoms with E-state index in [1.165, 1.54) is 0 Å². The van der Waals surface area contributed by atoms with Crippen molar-refractivity contribution >= 4 is 0 Å². The van der Waals surface area contributed by atoms with E-state index in [1.807, 2.05) is 0 Å². The second-order valence-electron chi connectivity index (χ2n) is 3.79. The van der Waals surface area contributed by atoms with Gasteiger partial charge in [0, 0.05) is 5.41 Å². The van der Waals surface area contributed by atoms with Crippen molar-refractivity contribution in [3.63, 3.8) is 0 Å². The molecule has 1 aliphatic heterocycles. The molecule has 0 spiro atoms. The number of epoxide rings is 1. The molecule has 1 heteroatoms. The topological polar surface area (TPSA) is 12.5 Å². The molecule has 0 amide bonds. The van der Waals surface area contributed by atoms with Gasteiger partial charge < -0.3 is 4.74 Å². The van der Waals surface area contributed by atoms with E-state index in [-0.39, 0.29) is 11.2 Å². The number of hydrogen-bond acceptors (Lipinski definition) is 1. The van der Waals surface area contributed by atoms with Gasteiger partial charge in [-0.1, -0.05) is 13.8 Å². The molecule has 2 unspecified atom stereocenters. The van der Waals surface area contributed by atoms with Crippen LogP contribution < -0.4 is 0 Å². The molecule has 2 atom stereocenters. The standard InChI is InChI=1S/C7H12O/c1-5(2)6(3)7(5,4)8-6/h1-4H3. The second-order valence-corrected chi connectivity index (χ2v) is 3.79. The molecule has 1 nitrogen and oxygen atoms in total. The van der Waals surface area contributed by atoms with Crippen molar-refractivity contribution in [1.82, 2.24) is 0 Å². The van der Waals surface area contributed by atoms with E-state index in [4.69, 9.17) is 4.74 Å². The molecule has 2 fully saturated rings. The molecule has 1 aliphatic carbocycles. The predicted molar refractivity (Wildman–Crippen MR) is 31.7 cm³/mol. The molecule has 0 bridgehead atoms. The molecule has 0 N–H and O–H groups in total. The van der Waals surface area contributed by atoms with Crippen LogP contribution in [-0.4, -0.2) is 11.2 Å². The number of hydrogen-bond donors (Lipinski definition) is 0. The van der Waals surface area contributed by atoms with Gasteiger partial charge in [0.25, 0.3) is 0 Å². The van der Waals surface area contributed by atoms with Crippen LogP contribution in [0.25, 0.3) is 0 Å². The molecule has 2 aliphatic rings. The molecule has 0 aromatic rings. The lowest BCUT2D eigenvalue weighted by Crippen LogP contribution is -2.15. The smallest absolute Gasteiger partial charge is 0.103 e. The first-order valence-corrected chi connectivity index (χ1v) is 3.16. The van der Waals surface area contributed by atoms with Crippen LogP contribution in [0.3, 0.4) is 0 Å². The van der Waals surface area contributed by atoms with E-state index >= 15 is 0 Å². The summed E-state index contributed by atoms with van der Waals surface area (Å²) in [5.41, 5.74) is 0.958. The van der Waals surface area contributed by atoms with Crippen molar-refractivity contribution in [2.45, 2.75) is 38.9 Å². The van der Waals surface area contributed by atoms with E-state index in [1.54, 1.807) is 0 Å². The average Bonchev–Trinajstić information content (AvgIpc) is 2.24. The molecule has 1 saturated carbocycles. The molecule has 2 rings (SSSR count). The predicted octanol–water partition coefficient (Wildman–Crippen LogP) is 1.57. The Labute approximate surface area is 50.0 Å². The van der Waals surface area contributed by atoms with E-state index in [0.29, 0.717) is 5.41 Å². The Morgan fingerprint density at radius 3 is 1.12 bits per heavy atom. The Kier molecular flexibility index (Phi) is 0.413. The van der Waals surface area contributed by atoms with Crippen molar-refractivity contribution in [2.75, 3.05) is 0 Å². The lowest BCUT2D eigenvalue weighted by molar-refractivity contribution is 0.0666. The highest BCUT2D eigenvalue weighted by molar-refractivity contribution is 5.41. The van der Waals surface area contributed by atoms with E-state index in [2.05, 4.69) is 27.7 Å². The van der Waals surface area contributed by atoms with Gasteiger partial charge >= 0.3 is 0 Å².